The number of aliphatic hydroxyl groups excluding tert-OH is 1. The van der Waals surface area contributed by atoms with Gasteiger partial charge in [-0.05, 0) is 12.8 Å². The largest absolute Gasteiger partial charge is 0.393 e. The first-order chi connectivity index (χ1) is 5.20. The molecule has 0 aromatic carbocycles. The molecule has 0 amide bonds. The Hall–Kier alpha value is -0.740. The zero-order chi connectivity index (χ0) is 8.69. The Balaban J connectivity index is 3.36. The van der Waals surface area contributed by atoms with E-state index in [1.807, 2.05) is 0 Å². The molecule has 62 valence electrons. The SMILES string of the molecule is NC([C]=O)CCC(O)C[C]=O. The monoisotopic (exact) mass is 157 g/mol. The summed E-state index contributed by atoms with van der Waals surface area (Å²) < 4.78 is 0. The normalized spacial score (nSPS) is 15.5. The van der Waals surface area contributed by atoms with Crippen molar-refractivity contribution in [2.45, 2.75) is 31.4 Å². The van der Waals surface area contributed by atoms with Crippen LogP contribution < -0.4 is 5.73 Å². The Morgan fingerprint density at radius 2 is 2.00 bits per heavy atom. The van der Waals surface area contributed by atoms with Gasteiger partial charge in [0.2, 0.25) is 12.6 Å². The maximum Gasteiger partial charge on any atom is 0.216 e. The zero-order valence-electron chi connectivity index (χ0n) is 6.12. The first-order valence-corrected chi connectivity index (χ1v) is 3.37. The molecule has 2 radical (unpaired) electrons. The minimum atomic E-state index is -0.730. The fourth-order valence-corrected chi connectivity index (χ4v) is 0.629. The third-order valence-electron chi connectivity index (χ3n) is 1.28. The number of nitrogens with two attached hydrogens (primary N) is 1. The van der Waals surface area contributed by atoms with E-state index in [-0.39, 0.29) is 6.42 Å². The number of carbonyl (C=O) groups excluding carboxylic acids is 2. The molecule has 0 saturated heterocycles. The molecule has 0 heterocycles. The van der Waals surface area contributed by atoms with Crippen LogP contribution in [-0.2, 0) is 9.59 Å². The highest BCUT2D eigenvalue weighted by atomic mass is 16.3. The minimum Gasteiger partial charge on any atom is -0.393 e. The zero-order valence-corrected chi connectivity index (χ0v) is 6.12. The van der Waals surface area contributed by atoms with E-state index in [1.165, 1.54) is 0 Å². The smallest absolute Gasteiger partial charge is 0.216 e. The van der Waals surface area contributed by atoms with Crippen LogP contribution in [0.1, 0.15) is 19.3 Å². The summed E-state index contributed by atoms with van der Waals surface area (Å²) in [6.45, 7) is 0. The first kappa shape index (κ1) is 10.3. The third-order valence-corrected chi connectivity index (χ3v) is 1.28. The molecule has 3 N–H and O–H groups in total. The van der Waals surface area contributed by atoms with Crippen molar-refractivity contribution in [3.05, 3.63) is 0 Å². The van der Waals surface area contributed by atoms with Crippen LogP contribution in [0.25, 0.3) is 0 Å². The fourth-order valence-electron chi connectivity index (χ4n) is 0.629. The van der Waals surface area contributed by atoms with Gasteiger partial charge in [-0.25, -0.2) is 0 Å². The molecule has 4 nitrogen and oxygen atoms in total. The van der Waals surface area contributed by atoms with Crippen molar-refractivity contribution in [1.82, 2.24) is 0 Å². The van der Waals surface area contributed by atoms with E-state index in [1.54, 1.807) is 12.6 Å². The summed E-state index contributed by atoms with van der Waals surface area (Å²) in [6, 6.07) is -0.656. The number of hydrogen-bond acceptors (Lipinski definition) is 4. The van der Waals surface area contributed by atoms with Crippen molar-refractivity contribution >= 4 is 12.6 Å². The molecule has 11 heavy (non-hydrogen) atoms. The van der Waals surface area contributed by atoms with E-state index in [0.29, 0.717) is 12.8 Å². The molecule has 0 spiro atoms. The van der Waals surface area contributed by atoms with Gasteiger partial charge in [0.1, 0.15) is 0 Å². The summed E-state index contributed by atoms with van der Waals surface area (Å²) in [5.74, 6) is 0. The molecular weight excluding hydrogens is 146 g/mol. The molecule has 0 aliphatic heterocycles. The summed E-state index contributed by atoms with van der Waals surface area (Å²) in [5, 5.41) is 8.95. The molecule has 0 aliphatic carbocycles. The quantitative estimate of drug-likeness (QED) is 0.521. The number of rotatable bonds is 6. The Kier molecular flexibility index (Phi) is 5.60. The summed E-state index contributed by atoms with van der Waals surface area (Å²) in [4.78, 5) is 19.6. The predicted octanol–water partition coefficient (Wildman–Crippen LogP) is -0.936. The summed E-state index contributed by atoms with van der Waals surface area (Å²) in [6.07, 6.45) is 3.09. The van der Waals surface area contributed by atoms with Gasteiger partial charge in [-0.15, -0.1) is 0 Å². The van der Waals surface area contributed by atoms with Crippen LogP contribution in [0.5, 0.6) is 0 Å². The molecule has 0 bridgehead atoms. The average Bonchev–Trinajstić information content (AvgIpc) is 2.01. The van der Waals surface area contributed by atoms with Gasteiger partial charge < -0.3 is 10.8 Å². The van der Waals surface area contributed by atoms with Gasteiger partial charge in [-0.2, -0.15) is 0 Å². The summed E-state index contributed by atoms with van der Waals surface area (Å²) >= 11 is 0. The third kappa shape index (κ3) is 5.69. The fraction of sp³-hybridized carbons (Fsp3) is 0.714. The van der Waals surface area contributed by atoms with Crippen molar-refractivity contribution in [2.75, 3.05) is 0 Å². The highest BCUT2D eigenvalue weighted by molar-refractivity contribution is 5.57. The van der Waals surface area contributed by atoms with Crippen LogP contribution >= 0.6 is 0 Å². The van der Waals surface area contributed by atoms with Crippen molar-refractivity contribution in [3.63, 3.8) is 0 Å². The molecule has 0 fully saturated rings. The van der Waals surface area contributed by atoms with Gasteiger partial charge in [0.05, 0.1) is 12.1 Å². The van der Waals surface area contributed by atoms with Gasteiger partial charge >= 0.3 is 0 Å². The second-order valence-electron chi connectivity index (χ2n) is 2.30. The minimum absolute atomic E-state index is 0.0222. The highest BCUT2D eigenvalue weighted by Gasteiger charge is 2.07. The van der Waals surface area contributed by atoms with Crippen molar-refractivity contribution < 1.29 is 14.7 Å². The van der Waals surface area contributed by atoms with Crippen LogP contribution in [0, 0.1) is 0 Å². The van der Waals surface area contributed by atoms with Gasteiger partial charge in [-0.1, -0.05) is 0 Å². The van der Waals surface area contributed by atoms with Gasteiger partial charge in [0.25, 0.3) is 0 Å². The molecule has 2 atom stereocenters. The summed E-state index contributed by atoms with van der Waals surface area (Å²) in [7, 11) is 0. The van der Waals surface area contributed by atoms with Crippen molar-refractivity contribution in [2.24, 2.45) is 5.73 Å². The number of hydrogen-bond donors (Lipinski definition) is 2. The molecule has 0 rings (SSSR count). The lowest BCUT2D eigenvalue weighted by atomic mass is 10.1. The maximum atomic E-state index is 9.87. The van der Waals surface area contributed by atoms with Crippen LogP contribution in [0.3, 0.4) is 0 Å². The van der Waals surface area contributed by atoms with Crippen LogP contribution in [0.2, 0.25) is 0 Å². The van der Waals surface area contributed by atoms with Crippen LogP contribution in [-0.4, -0.2) is 29.8 Å². The van der Waals surface area contributed by atoms with E-state index in [4.69, 9.17) is 10.8 Å². The van der Waals surface area contributed by atoms with Crippen LogP contribution in [0.15, 0.2) is 0 Å². The summed E-state index contributed by atoms with van der Waals surface area (Å²) in [5.41, 5.74) is 5.18. The topological polar surface area (TPSA) is 80.4 Å². The Morgan fingerprint density at radius 1 is 1.36 bits per heavy atom. The van der Waals surface area contributed by atoms with E-state index in [0.717, 1.165) is 0 Å². The Labute approximate surface area is 65.4 Å². The molecule has 4 heteroatoms. The predicted molar refractivity (Wildman–Crippen MR) is 39.2 cm³/mol. The van der Waals surface area contributed by atoms with Crippen molar-refractivity contribution in [3.8, 4) is 0 Å². The first-order valence-electron chi connectivity index (χ1n) is 3.37. The van der Waals surface area contributed by atoms with Crippen LogP contribution in [0.4, 0.5) is 0 Å². The molecule has 0 aromatic rings. The van der Waals surface area contributed by atoms with E-state index in [2.05, 4.69) is 0 Å². The molecule has 0 aromatic heterocycles. The van der Waals surface area contributed by atoms with E-state index in [9.17, 15) is 9.59 Å². The number of aliphatic hydroxyl groups is 1. The van der Waals surface area contributed by atoms with E-state index >= 15 is 0 Å². The van der Waals surface area contributed by atoms with Gasteiger partial charge in [0, 0.05) is 6.42 Å². The maximum absolute atomic E-state index is 9.87. The van der Waals surface area contributed by atoms with Gasteiger partial charge in [0.15, 0.2) is 0 Å². The standard InChI is InChI=1S/C7H11NO3/c8-6(5-10)1-2-7(11)3-4-9/h6-7,11H,1-3,8H2. The van der Waals surface area contributed by atoms with Gasteiger partial charge in [-0.3, -0.25) is 9.59 Å². The van der Waals surface area contributed by atoms with E-state index < -0.39 is 12.1 Å². The molecule has 2 unspecified atom stereocenters. The molecule has 0 saturated carbocycles. The second kappa shape index (κ2) is 6.00. The second-order valence-corrected chi connectivity index (χ2v) is 2.30. The average molecular weight is 157 g/mol. The molecule has 0 aliphatic rings. The lowest BCUT2D eigenvalue weighted by Crippen LogP contribution is -2.23. The molecular formula is C7H11NO3. The lowest BCUT2D eigenvalue weighted by Gasteiger charge is -2.06. The lowest BCUT2D eigenvalue weighted by molar-refractivity contribution is 0.167. The Bertz CT molecular complexity index is 127. The highest BCUT2D eigenvalue weighted by Crippen LogP contribution is 2.00. The Morgan fingerprint density at radius 3 is 2.45 bits per heavy atom. The van der Waals surface area contributed by atoms with Crippen molar-refractivity contribution in [1.29, 1.82) is 0 Å².